The van der Waals surface area contributed by atoms with E-state index in [4.69, 9.17) is 0 Å². The first-order valence-corrected chi connectivity index (χ1v) is 9.96. The molecule has 0 radical (unpaired) electrons. The zero-order valence-corrected chi connectivity index (χ0v) is 17.0. The van der Waals surface area contributed by atoms with Crippen LogP contribution < -0.4 is 0 Å². The number of carbonyl (C=O) groups is 3. The maximum atomic E-state index is 13.2. The second kappa shape index (κ2) is 7.89. The Hall–Kier alpha value is -3.23. The number of carbonyl (C=O) groups excluding carboxylic acids is 3. The molecule has 0 spiro atoms. The number of benzene rings is 1. The zero-order chi connectivity index (χ0) is 21.4. The van der Waals surface area contributed by atoms with Gasteiger partial charge in [0.05, 0.1) is 12.2 Å². The Morgan fingerprint density at radius 2 is 1.93 bits per heavy atom. The highest BCUT2D eigenvalue weighted by Gasteiger charge is 2.42. The highest BCUT2D eigenvalue weighted by Crippen LogP contribution is 2.21. The largest absolute Gasteiger partial charge is 0.335 e. The van der Waals surface area contributed by atoms with E-state index in [0.717, 1.165) is 11.3 Å². The molecule has 0 saturated carbocycles. The summed E-state index contributed by atoms with van der Waals surface area (Å²) >= 11 is 0. The molecule has 158 valence electrons. The lowest BCUT2D eigenvalue weighted by Gasteiger charge is -2.40. The van der Waals surface area contributed by atoms with Gasteiger partial charge in [-0.1, -0.05) is 12.1 Å². The van der Waals surface area contributed by atoms with Crippen molar-refractivity contribution in [1.29, 1.82) is 0 Å². The van der Waals surface area contributed by atoms with Crippen LogP contribution in [0, 0.1) is 12.7 Å². The molecule has 4 rings (SSSR count). The van der Waals surface area contributed by atoms with E-state index in [-0.39, 0.29) is 43.2 Å². The van der Waals surface area contributed by atoms with Crippen LogP contribution in [-0.2, 0) is 23.2 Å². The molecule has 8 nitrogen and oxygen atoms in total. The molecular weight excluding hydrogens is 389 g/mol. The van der Waals surface area contributed by atoms with Crippen LogP contribution in [0.1, 0.15) is 28.2 Å². The molecule has 9 heteroatoms. The van der Waals surface area contributed by atoms with Crippen LogP contribution in [0.5, 0.6) is 0 Å². The van der Waals surface area contributed by atoms with Gasteiger partial charge in [-0.3, -0.25) is 19.1 Å². The minimum atomic E-state index is -0.715. The molecule has 0 N–H and O–H groups in total. The van der Waals surface area contributed by atoms with Gasteiger partial charge in [-0.2, -0.15) is 5.10 Å². The fourth-order valence-corrected chi connectivity index (χ4v) is 4.14. The van der Waals surface area contributed by atoms with Crippen LogP contribution >= 0.6 is 0 Å². The van der Waals surface area contributed by atoms with Crippen molar-refractivity contribution in [2.45, 2.75) is 25.9 Å². The Bertz CT molecular complexity index is 987. The fraction of sp³-hybridized carbons (Fsp3) is 0.429. The van der Waals surface area contributed by atoms with Gasteiger partial charge in [0.1, 0.15) is 24.1 Å². The third kappa shape index (κ3) is 3.79. The molecule has 2 aromatic rings. The summed E-state index contributed by atoms with van der Waals surface area (Å²) in [5.74, 6) is -0.877. The van der Waals surface area contributed by atoms with Crippen molar-refractivity contribution in [3.63, 3.8) is 0 Å². The standard InChI is InChI=1S/C21H24FN5O3/c1-14-10-17(24(2)23-14)20(29)25-8-3-9-27-18(12-25)21(30)26(13-19(27)28)11-15-4-6-16(22)7-5-15/h4-7,10,18H,3,8-9,11-13H2,1-2H3. The Balaban J connectivity index is 1.54. The smallest absolute Gasteiger partial charge is 0.272 e. The zero-order valence-electron chi connectivity index (χ0n) is 17.0. The third-order valence-electron chi connectivity index (χ3n) is 5.63. The second-order valence-electron chi connectivity index (χ2n) is 7.82. The first-order valence-electron chi connectivity index (χ1n) is 9.96. The van der Waals surface area contributed by atoms with Crippen molar-refractivity contribution in [2.75, 3.05) is 26.2 Å². The van der Waals surface area contributed by atoms with Crippen LogP contribution in [0.25, 0.3) is 0 Å². The highest BCUT2D eigenvalue weighted by molar-refractivity contribution is 5.97. The molecule has 0 bridgehead atoms. The Labute approximate surface area is 173 Å². The SMILES string of the molecule is Cc1cc(C(=O)N2CCCN3C(=O)CN(Cc4ccc(F)cc4)C(=O)C3C2)n(C)n1. The van der Waals surface area contributed by atoms with Crippen molar-refractivity contribution in [2.24, 2.45) is 7.05 Å². The van der Waals surface area contributed by atoms with Gasteiger partial charge < -0.3 is 14.7 Å². The van der Waals surface area contributed by atoms with Gasteiger partial charge in [-0.15, -0.1) is 0 Å². The van der Waals surface area contributed by atoms with Crippen LogP contribution in [0.3, 0.4) is 0 Å². The van der Waals surface area contributed by atoms with E-state index in [9.17, 15) is 18.8 Å². The second-order valence-corrected chi connectivity index (χ2v) is 7.82. The van der Waals surface area contributed by atoms with E-state index < -0.39 is 6.04 Å². The molecule has 2 aliphatic heterocycles. The van der Waals surface area contributed by atoms with Gasteiger partial charge in [0.15, 0.2) is 0 Å². The summed E-state index contributed by atoms with van der Waals surface area (Å²) in [4.78, 5) is 43.7. The van der Waals surface area contributed by atoms with Crippen LogP contribution in [0.2, 0.25) is 0 Å². The molecular formula is C21H24FN5O3. The Kier molecular flexibility index (Phi) is 5.27. The highest BCUT2D eigenvalue weighted by atomic mass is 19.1. The Morgan fingerprint density at radius 3 is 2.60 bits per heavy atom. The van der Waals surface area contributed by atoms with Crippen LogP contribution in [0.4, 0.5) is 4.39 Å². The maximum absolute atomic E-state index is 13.2. The minimum absolute atomic E-state index is 0.0123. The number of aryl methyl sites for hydroxylation is 2. The summed E-state index contributed by atoms with van der Waals surface area (Å²) in [6, 6.07) is 6.88. The van der Waals surface area contributed by atoms with Crippen molar-refractivity contribution in [1.82, 2.24) is 24.5 Å². The number of nitrogens with zero attached hydrogens (tertiary/aromatic N) is 5. The number of halogens is 1. The predicted octanol–water partition coefficient (Wildman–Crippen LogP) is 0.953. The molecule has 0 aliphatic carbocycles. The van der Waals surface area contributed by atoms with Crippen molar-refractivity contribution < 1.29 is 18.8 Å². The van der Waals surface area contributed by atoms with Gasteiger partial charge in [0.2, 0.25) is 11.8 Å². The number of aromatic nitrogens is 2. The summed E-state index contributed by atoms with van der Waals surface area (Å²) < 4.78 is 14.7. The van der Waals surface area contributed by atoms with Gasteiger partial charge in [0.25, 0.3) is 5.91 Å². The number of amides is 3. The van der Waals surface area contributed by atoms with E-state index in [1.807, 2.05) is 6.92 Å². The summed E-state index contributed by atoms with van der Waals surface area (Å²) in [5, 5.41) is 4.23. The molecule has 1 aromatic carbocycles. The van der Waals surface area contributed by atoms with Crippen molar-refractivity contribution in [3.8, 4) is 0 Å². The molecule has 3 heterocycles. The lowest BCUT2D eigenvalue weighted by molar-refractivity contribution is -0.156. The van der Waals surface area contributed by atoms with Crippen molar-refractivity contribution >= 4 is 17.7 Å². The third-order valence-corrected chi connectivity index (χ3v) is 5.63. The number of hydrogen-bond acceptors (Lipinski definition) is 4. The number of fused-ring (bicyclic) bond motifs is 1. The predicted molar refractivity (Wildman–Crippen MR) is 106 cm³/mol. The molecule has 3 amide bonds. The average molecular weight is 413 g/mol. The lowest BCUT2D eigenvalue weighted by Crippen LogP contribution is -2.61. The molecule has 30 heavy (non-hydrogen) atoms. The minimum Gasteiger partial charge on any atom is -0.335 e. The maximum Gasteiger partial charge on any atom is 0.272 e. The number of rotatable bonds is 3. The summed E-state index contributed by atoms with van der Waals surface area (Å²) in [5.41, 5.74) is 1.95. The fourth-order valence-electron chi connectivity index (χ4n) is 4.14. The molecule has 1 unspecified atom stereocenters. The Morgan fingerprint density at radius 1 is 1.20 bits per heavy atom. The number of piperazine rings is 1. The molecule has 2 saturated heterocycles. The first-order chi connectivity index (χ1) is 14.3. The van der Waals surface area contributed by atoms with Gasteiger partial charge in [-0.25, -0.2) is 4.39 Å². The molecule has 2 fully saturated rings. The summed E-state index contributed by atoms with van der Waals surface area (Å²) in [6.45, 7) is 3.08. The van der Waals surface area contributed by atoms with Gasteiger partial charge in [0, 0.05) is 26.7 Å². The van der Waals surface area contributed by atoms with E-state index >= 15 is 0 Å². The number of hydrogen-bond donors (Lipinski definition) is 0. The molecule has 1 aromatic heterocycles. The van der Waals surface area contributed by atoms with Gasteiger partial charge >= 0.3 is 0 Å². The van der Waals surface area contributed by atoms with E-state index in [1.54, 1.807) is 35.0 Å². The van der Waals surface area contributed by atoms with Crippen molar-refractivity contribution in [3.05, 3.63) is 53.1 Å². The lowest BCUT2D eigenvalue weighted by atomic mass is 10.1. The normalized spacial score (nSPS) is 19.7. The quantitative estimate of drug-likeness (QED) is 0.751. The first kappa shape index (κ1) is 20.1. The topological polar surface area (TPSA) is 78.8 Å². The molecule has 2 aliphatic rings. The summed E-state index contributed by atoms with van der Waals surface area (Å²) in [6.07, 6.45) is 0.607. The van der Waals surface area contributed by atoms with Crippen LogP contribution in [-0.4, -0.2) is 74.4 Å². The summed E-state index contributed by atoms with van der Waals surface area (Å²) in [7, 11) is 1.71. The monoisotopic (exact) mass is 413 g/mol. The van der Waals surface area contributed by atoms with E-state index in [1.165, 1.54) is 21.7 Å². The van der Waals surface area contributed by atoms with Crippen LogP contribution in [0.15, 0.2) is 30.3 Å². The van der Waals surface area contributed by atoms with Gasteiger partial charge in [-0.05, 0) is 37.1 Å². The van der Waals surface area contributed by atoms with E-state index in [2.05, 4.69) is 5.10 Å². The van der Waals surface area contributed by atoms with E-state index in [0.29, 0.717) is 25.2 Å². The average Bonchev–Trinajstić information content (AvgIpc) is 2.91. The molecule has 1 atom stereocenters.